The van der Waals surface area contributed by atoms with Crippen LogP contribution in [0.5, 0.6) is 5.75 Å². The Labute approximate surface area is 187 Å². The first kappa shape index (κ1) is 23.0. The van der Waals surface area contributed by atoms with Crippen LogP contribution in [0.1, 0.15) is 69.5 Å². The van der Waals surface area contributed by atoms with E-state index in [0.29, 0.717) is 12.3 Å². The summed E-state index contributed by atoms with van der Waals surface area (Å²) in [5.74, 6) is 0.416. The van der Waals surface area contributed by atoms with E-state index in [9.17, 15) is 5.11 Å². The van der Waals surface area contributed by atoms with Gasteiger partial charge in [-0.1, -0.05) is 90.1 Å². The summed E-state index contributed by atoms with van der Waals surface area (Å²) in [5.41, 5.74) is 5.39. The van der Waals surface area contributed by atoms with E-state index in [-0.39, 0.29) is 10.8 Å². The van der Waals surface area contributed by atoms with Gasteiger partial charge >= 0.3 is 0 Å². The predicted octanol–water partition coefficient (Wildman–Crippen LogP) is 6.58. The minimum Gasteiger partial charge on any atom is -0.507 e. The van der Waals surface area contributed by atoms with Crippen molar-refractivity contribution >= 4 is 0 Å². The summed E-state index contributed by atoms with van der Waals surface area (Å²) in [6.07, 6.45) is 1.84. The van der Waals surface area contributed by atoms with Crippen molar-refractivity contribution in [2.24, 2.45) is 0 Å². The van der Waals surface area contributed by atoms with E-state index < -0.39 is 0 Å². The summed E-state index contributed by atoms with van der Waals surface area (Å²) in [5, 5.41) is 11.3. The van der Waals surface area contributed by atoms with E-state index in [1.807, 2.05) is 24.4 Å². The number of hydrogen-bond acceptors (Lipinski definition) is 3. The first-order valence-corrected chi connectivity index (χ1v) is 11.1. The van der Waals surface area contributed by atoms with Crippen molar-refractivity contribution in [1.29, 1.82) is 0 Å². The van der Waals surface area contributed by atoms with Crippen LogP contribution in [0.2, 0.25) is 0 Å². The lowest BCUT2D eigenvalue weighted by Gasteiger charge is -2.29. The average molecular weight is 417 g/mol. The van der Waals surface area contributed by atoms with Crippen molar-refractivity contribution in [3.8, 4) is 5.75 Å². The monoisotopic (exact) mass is 416 g/mol. The Bertz CT molecular complexity index is 942. The highest BCUT2D eigenvalue weighted by atomic mass is 16.3. The molecule has 0 bridgehead atoms. The van der Waals surface area contributed by atoms with Gasteiger partial charge in [0.05, 0.1) is 5.69 Å². The fourth-order valence-corrected chi connectivity index (χ4v) is 3.79. The van der Waals surface area contributed by atoms with Gasteiger partial charge in [-0.15, -0.1) is 0 Å². The molecule has 3 rings (SSSR count). The summed E-state index contributed by atoms with van der Waals surface area (Å²) < 4.78 is 0. The first-order valence-electron chi connectivity index (χ1n) is 11.1. The molecule has 3 heteroatoms. The van der Waals surface area contributed by atoms with Crippen LogP contribution in [0.15, 0.2) is 66.9 Å². The van der Waals surface area contributed by atoms with Crippen LogP contribution in [-0.2, 0) is 30.5 Å². The molecule has 31 heavy (non-hydrogen) atoms. The molecule has 2 aromatic carbocycles. The predicted molar refractivity (Wildman–Crippen MR) is 129 cm³/mol. The Kier molecular flexibility index (Phi) is 6.86. The molecule has 1 aromatic heterocycles. The van der Waals surface area contributed by atoms with E-state index in [4.69, 9.17) is 0 Å². The molecule has 0 spiro atoms. The van der Waals surface area contributed by atoms with Gasteiger partial charge < -0.3 is 5.11 Å². The van der Waals surface area contributed by atoms with Gasteiger partial charge in [0.1, 0.15) is 5.75 Å². The van der Waals surface area contributed by atoms with Gasteiger partial charge in [0.25, 0.3) is 0 Å². The van der Waals surface area contributed by atoms with Gasteiger partial charge in [-0.05, 0) is 39.7 Å². The number of aromatic hydroxyl groups is 1. The zero-order valence-electron chi connectivity index (χ0n) is 19.8. The highest BCUT2D eigenvalue weighted by molar-refractivity contribution is 5.48. The molecule has 0 fully saturated rings. The minimum atomic E-state index is -0.134. The molecule has 164 valence electrons. The van der Waals surface area contributed by atoms with Crippen molar-refractivity contribution in [3.63, 3.8) is 0 Å². The number of pyridine rings is 1. The molecule has 0 aliphatic heterocycles. The van der Waals surface area contributed by atoms with E-state index in [0.717, 1.165) is 29.9 Å². The van der Waals surface area contributed by atoms with Crippen LogP contribution in [-0.4, -0.2) is 15.0 Å². The second kappa shape index (κ2) is 9.23. The maximum absolute atomic E-state index is 11.3. The number of phenolic OH excluding ortho intramolecular Hbond substituents is 1. The quantitative estimate of drug-likeness (QED) is 0.493. The summed E-state index contributed by atoms with van der Waals surface area (Å²) in [7, 11) is 0. The minimum absolute atomic E-state index is 0.00763. The van der Waals surface area contributed by atoms with Crippen molar-refractivity contribution in [1.82, 2.24) is 9.88 Å². The molecule has 3 aromatic rings. The number of benzene rings is 2. The van der Waals surface area contributed by atoms with Gasteiger partial charge in [0.2, 0.25) is 0 Å². The Morgan fingerprint density at radius 1 is 0.774 bits per heavy atom. The van der Waals surface area contributed by atoms with Crippen LogP contribution in [0.3, 0.4) is 0 Å². The Morgan fingerprint density at radius 2 is 1.45 bits per heavy atom. The van der Waals surface area contributed by atoms with E-state index in [2.05, 4.69) is 93.9 Å². The highest BCUT2D eigenvalue weighted by Gasteiger charge is 2.25. The largest absolute Gasteiger partial charge is 0.507 e. The number of phenols is 1. The fraction of sp³-hybridized carbons (Fsp3) is 0.393. The topological polar surface area (TPSA) is 36.4 Å². The third kappa shape index (κ3) is 6.18. The molecule has 1 heterocycles. The zero-order valence-corrected chi connectivity index (χ0v) is 19.8. The SMILES string of the molecule is CC(C)(C)c1cc(CN(Cc2ccccc2)Cc2ccccn2)c(O)c(C(C)(C)C)c1. The lowest BCUT2D eigenvalue weighted by molar-refractivity contribution is 0.240. The van der Waals surface area contributed by atoms with Crippen LogP contribution in [0.25, 0.3) is 0 Å². The van der Waals surface area contributed by atoms with E-state index >= 15 is 0 Å². The maximum atomic E-state index is 11.3. The smallest absolute Gasteiger partial charge is 0.123 e. The van der Waals surface area contributed by atoms with Crippen molar-refractivity contribution < 1.29 is 5.11 Å². The molecular formula is C28H36N2O. The average Bonchev–Trinajstić information content (AvgIpc) is 2.69. The van der Waals surface area contributed by atoms with Gasteiger partial charge in [-0.3, -0.25) is 9.88 Å². The number of hydrogen-bond donors (Lipinski definition) is 1. The second-order valence-corrected chi connectivity index (χ2v) is 10.5. The number of rotatable bonds is 6. The van der Waals surface area contributed by atoms with Crippen molar-refractivity contribution in [2.45, 2.75) is 72.0 Å². The van der Waals surface area contributed by atoms with Crippen LogP contribution >= 0.6 is 0 Å². The molecule has 0 aliphatic rings. The molecule has 0 unspecified atom stereocenters. The molecule has 0 aliphatic carbocycles. The number of aromatic nitrogens is 1. The standard InChI is InChI=1S/C28H36N2O/c1-27(2,3)23-16-22(26(31)25(17-23)28(4,5)6)19-30(18-21-12-8-7-9-13-21)20-24-14-10-11-15-29-24/h7-17,31H,18-20H2,1-6H3. The summed E-state index contributed by atoms with van der Waals surface area (Å²) in [6.45, 7) is 15.3. The normalized spacial score (nSPS) is 12.4. The summed E-state index contributed by atoms with van der Waals surface area (Å²) in [6, 6.07) is 20.9. The fourth-order valence-electron chi connectivity index (χ4n) is 3.79. The molecule has 0 radical (unpaired) electrons. The summed E-state index contributed by atoms with van der Waals surface area (Å²) >= 11 is 0. The van der Waals surface area contributed by atoms with Crippen molar-refractivity contribution in [3.05, 3.63) is 94.8 Å². The first-order chi connectivity index (χ1) is 14.5. The highest BCUT2D eigenvalue weighted by Crippen LogP contribution is 2.38. The van der Waals surface area contributed by atoms with Gasteiger partial charge in [0.15, 0.2) is 0 Å². The molecule has 0 saturated carbocycles. The molecular weight excluding hydrogens is 380 g/mol. The third-order valence-electron chi connectivity index (χ3n) is 5.62. The lowest BCUT2D eigenvalue weighted by atomic mass is 9.79. The molecule has 3 nitrogen and oxygen atoms in total. The lowest BCUT2D eigenvalue weighted by Crippen LogP contribution is -2.24. The maximum Gasteiger partial charge on any atom is 0.123 e. The number of nitrogens with zero attached hydrogens (tertiary/aromatic N) is 2. The van der Waals surface area contributed by atoms with Crippen LogP contribution in [0.4, 0.5) is 0 Å². The van der Waals surface area contributed by atoms with Crippen LogP contribution in [0, 0.1) is 0 Å². The zero-order chi connectivity index (χ0) is 22.6. The molecule has 1 N–H and O–H groups in total. The molecule has 0 amide bonds. The van der Waals surface area contributed by atoms with E-state index in [1.165, 1.54) is 11.1 Å². The second-order valence-electron chi connectivity index (χ2n) is 10.5. The third-order valence-corrected chi connectivity index (χ3v) is 5.62. The summed E-state index contributed by atoms with van der Waals surface area (Å²) in [4.78, 5) is 6.89. The molecule has 0 atom stereocenters. The Balaban J connectivity index is 2.00. The van der Waals surface area contributed by atoms with Gasteiger partial charge in [-0.25, -0.2) is 0 Å². The Morgan fingerprint density at radius 3 is 2.03 bits per heavy atom. The van der Waals surface area contributed by atoms with E-state index in [1.54, 1.807) is 0 Å². The Hall–Kier alpha value is -2.65. The van der Waals surface area contributed by atoms with Gasteiger partial charge in [0, 0.05) is 31.4 Å². The van der Waals surface area contributed by atoms with Crippen molar-refractivity contribution in [2.75, 3.05) is 0 Å². The van der Waals surface area contributed by atoms with Crippen LogP contribution < -0.4 is 0 Å². The molecule has 0 saturated heterocycles. The van der Waals surface area contributed by atoms with Gasteiger partial charge in [-0.2, -0.15) is 0 Å².